The Balaban J connectivity index is 2.20. The quantitative estimate of drug-likeness (QED) is 0.624. The van der Waals surface area contributed by atoms with Gasteiger partial charge in [0.2, 0.25) is 0 Å². The molecule has 0 aliphatic carbocycles. The number of rotatable bonds is 2. The molecule has 0 fully saturated rings. The van der Waals surface area contributed by atoms with Crippen molar-refractivity contribution in [3.63, 3.8) is 0 Å². The Hall–Kier alpha value is -3.71. The normalized spacial score (nSPS) is 9.92. The standard InChI is InChI=1S/C21H14O4/c22-16-7-3-5-14(13-16)11-12-15-6-4-9-18(21(24)25)20(15)17-8-1-2-10-19(17)23/h1-10,13,22-23H,(H,24,25). The number of hydrogen-bond donors (Lipinski definition) is 3. The van der Waals surface area contributed by atoms with Crippen molar-refractivity contribution in [1.29, 1.82) is 0 Å². The highest BCUT2D eigenvalue weighted by molar-refractivity contribution is 5.98. The van der Waals surface area contributed by atoms with Gasteiger partial charge in [-0.3, -0.25) is 0 Å². The molecule has 0 bridgehead atoms. The number of benzene rings is 3. The summed E-state index contributed by atoms with van der Waals surface area (Å²) >= 11 is 0. The van der Waals surface area contributed by atoms with Crippen LogP contribution in [0.15, 0.2) is 66.7 Å². The number of para-hydroxylation sites is 1. The molecule has 0 unspecified atom stereocenters. The second kappa shape index (κ2) is 6.81. The summed E-state index contributed by atoms with van der Waals surface area (Å²) in [5.41, 5.74) is 1.90. The number of phenols is 2. The fraction of sp³-hybridized carbons (Fsp3) is 0. The zero-order chi connectivity index (χ0) is 17.8. The lowest BCUT2D eigenvalue weighted by Gasteiger charge is -2.10. The first-order valence-electron chi connectivity index (χ1n) is 7.52. The molecule has 25 heavy (non-hydrogen) atoms. The first-order valence-corrected chi connectivity index (χ1v) is 7.52. The molecular weight excluding hydrogens is 316 g/mol. The van der Waals surface area contributed by atoms with Crippen molar-refractivity contribution < 1.29 is 20.1 Å². The predicted octanol–water partition coefficient (Wildman–Crippen LogP) is 3.86. The van der Waals surface area contributed by atoms with Gasteiger partial charge in [-0.15, -0.1) is 0 Å². The summed E-state index contributed by atoms with van der Waals surface area (Å²) in [6.07, 6.45) is 0. The summed E-state index contributed by atoms with van der Waals surface area (Å²) in [6.45, 7) is 0. The van der Waals surface area contributed by atoms with Gasteiger partial charge >= 0.3 is 5.97 Å². The molecule has 0 saturated carbocycles. The van der Waals surface area contributed by atoms with E-state index in [-0.39, 0.29) is 17.1 Å². The number of carboxylic acid groups (broad SMARTS) is 1. The fourth-order valence-corrected chi connectivity index (χ4v) is 2.53. The van der Waals surface area contributed by atoms with Gasteiger partial charge in [0.1, 0.15) is 11.5 Å². The van der Waals surface area contributed by atoms with E-state index in [4.69, 9.17) is 0 Å². The van der Waals surface area contributed by atoms with E-state index in [0.29, 0.717) is 22.3 Å². The zero-order valence-corrected chi connectivity index (χ0v) is 13.1. The SMILES string of the molecule is O=C(O)c1cccc(C#Cc2cccc(O)c2)c1-c1ccccc1O. The van der Waals surface area contributed by atoms with Gasteiger partial charge in [-0.2, -0.15) is 0 Å². The Morgan fingerprint density at radius 3 is 2.32 bits per heavy atom. The summed E-state index contributed by atoms with van der Waals surface area (Å²) in [7, 11) is 0. The Bertz CT molecular complexity index is 1010. The molecule has 0 heterocycles. The maximum Gasteiger partial charge on any atom is 0.336 e. The topological polar surface area (TPSA) is 77.8 Å². The van der Waals surface area contributed by atoms with E-state index >= 15 is 0 Å². The Morgan fingerprint density at radius 1 is 0.840 bits per heavy atom. The minimum Gasteiger partial charge on any atom is -0.508 e. The van der Waals surface area contributed by atoms with Gasteiger partial charge in [-0.05, 0) is 36.4 Å². The van der Waals surface area contributed by atoms with Crippen LogP contribution in [0.2, 0.25) is 0 Å². The van der Waals surface area contributed by atoms with Gasteiger partial charge in [-0.1, -0.05) is 42.2 Å². The molecule has 3 aromatic carbocycles. The molecule has 3 N–H and O–H groups in total. The van der Waals surface area contributed by atoms with Crippen LogP contribution >= 0.6 is 0 Å². The summed E-state index contributed by atoms with van der Waals surface area (Å²) < 4.78 is 0. The van der Waals surface area contributed by atoms with Crippen molar-refractivity contribution in [3.05, 3.63) is 83.4 Å². The minimum atomic E-state index is -1.10. The molecule has 0 amide bonds. The van der Waals surface area contributed by atoms with Crippen LogP contribution < -0.4 is 0 Å². The van der Waals surface area contributed by atoms with Crippen LogP contribution in [0.5, 0.6) is 11.5 Å². The molecular formula is C21H14O4. The Labute approximate surface area is 144 Å². The number of aromatic hydroxyl groups is 2. The molecule has 3 rings (SSSR count). The van der Waals surface area contributed by atoms with Crippen molar-refractivity contribution in [2.75, 3.05) is 0 Å². The van der Waals surface area contributed by atoms with Crippen molar-refractivity contribution in [2.24, 2.45) is 0 Å². The molecule has 0 aromatic heterocycles. The van der Waals surface area contributed by atoms with Gasteiger partial charge in [0.05, 0.1) is 5.56 Å². The maximum atomic E-state index is 11.6. The fourth-order valence-electron chi connectivity index (χ4n) is 2.53. The van der Waals surface area contributed by atoms with Crippen LogP contribution in [0.3, 0.4) is 0 Å². The van der Waals surface area contributed by atoms with E-state index in [9.17, 15) is 20.1 Å². The third-order valence-corrected chi connectivity index (χ3v) is 3.66. The Kier molecular flexibility index (Phi) is 4.40. The first-order chi connectivity index (χ1) is 12.1. The van der Waals surface area contributed by atoms with Crippen LogP contribution in [-0.2, 0) is 0 Å². The number of aromatic carboxylic acids is 1. The highest BCUT2D eigenvalue weighted by atomic mass is 16.4. The maximum absolute atomic E-state index is 11.6. The van der Waals surface area contributed by atoms with E-state index in [2.05, 4.69) is 11.8 Å². The lowest BCUT2D eigenvalue weighted by Crippen LogP contribution is -2.01. The van der Waals surface area contributed by atoms with Crippen LogP contribution in [0.25, 0.3) is 11.1 Å². The monoisotopic (exact) mass is 330 g/mol. The summed E-state index contributed by atoms with van der Waals surface area (Å²) in [5.74, 6) is 4.84. The number of carbonyl (C=O) groups is 1. The molecule has 3 aromatic rings. The molecule has 0 atom stereocenters. The number of carboxylic acids is 1. The molecule has 0 radical (unpaired) electrons. The van der Waals surface area contributed by atoms with Gasteiger partial charge in [0, 0.05) is 22.3 Å². The van der Waals surface area contributed by atoms with E-state index in [0.717, 1.165) is 0 Å². The molecule has 0 aliphatic rings. The molecule has 4 nitrogen and oxygen atoms in total. The van der Waals surface area contributed by atoms with Crippen molar-refractivity contribution in [3.8, 4) is 34.5 Å². The van der Waals surface area contributed by atoms with Gasteiger partial charge in [-0.25, -0.2) is 4.79 Å². The lowest BCUT2D eigenvalue weighted by molar-refractivity contribution is 0.0697. The summed E-state index contributed by atoms with van der Waals surface area (Å²) in [5, 5.41) is 29.2. The van der Waals surface area contributed by atoms with Crippen LogP contribution in [-0.4, -0.2) is 21.3 Å². The average Bonchev–Trinajstić information content (AvgIpc) is 2.60. The van der Waals surface area contributed by atoms with E-state index in [1.807, 2.05) is 0 Å². The van der Waals surface area contributed by atoms with Crippen LogP contribution in [0.4, 0.5) is 0 Å². The molecule has 0 spiro atoms. The average molecular weight is 330 g/mol. The van der Waals surface area contributed by atoms with Crippen molar-refractivity contribution >= 4 is 5.97 Å². The smallest absolute Gasteiger partial charge is 0.336 e. The third-order valence-electron chi connectivity index (χ3n) is 3.66. The molecule has 122 valence electrons. The van der Waals surface area contributed by atoms with Gasteiger partial charge < -0.3 is 15.3 Å². The highest BCUT2D eigenvalue weighted by Gasteiger charge is 2.17. The van der Waals surface area contributed by atoms with Gasteiger partial charge in [0.15, 0.2) is 0 Å². The van der Waals surface area contributed by atoms with Crippen LogP contribution in [0.1, 0.15) is 21.5 Å². The number of phenolic OH excluding ortho intramolecular Hbond substituents is 2. The highest BCUT2D eigenvalue weighted by Crippen LogP contribution is 2.34. The molecule has 0 aliphatic heterocycles. The summed E-state index contributed by atoms with van der Waals surface area (Å²) in [6, 6.07) is 17.8. The second-order valence-electron chi connectivity index (χ2n) is 5.35. The number of hydrogen-bond acceptors (Lipinski definition) is 3. The van der Waals surface area contributed by atoms with Gasteiger partial charge in [0.25, 0.3) is 0 Å². The zero-order valence-electron chi connectivity index (χ0n) is 13.1. The van der Waals surface area contributed by atoms with Crippen LogP contribution in [0, 0.1) is 11.8 Å². The summed E-state index contributed by atoms with van der Waals surface area (Å²) in [4.78, 5) is 11.6. The minimum absolute atomic E-state index is 0.0170. The van der Waals surface area contributed by atoms with E-state index in [1.165, 1.54) is 18.2 Å². The van der Waals surface area contributed by atoms with Crippen molar-refractivity contribution in [2.45, 2.75) is 0 Å². The lowest BCUT2D eigenvalue weighted by atomic mass is 9.93. The van der Waals surface area contributed by atoms with E-state index < -0.39 is 5.97 Å². The van der Waals surface area contributed by atoms with Crippen molar-refractivity contribution in [1.82, 2.24) is 0 Å². The predicted molar refractivity (Wildman–Crippen MR) is 94.6 cm³/mol. The largest absolute Gasteiger partial charge is 0.508 e. The second-order valence-corrected chi connectivity index (χ2v) is 5.35. The molecule has 0 saturated heterocycles. The Morgan fingerprint density at radius 2 is 1.60 bits per heavy atom. The first kappa shape index (κ1) is 16.2. The third kappa shape index (κ3) is 3.46. The molecule has 4 heteroatoms. The van der Waals surface area contributed by atoms with E-state index in [1.54, 1.807) is 48.5 Å².